The molecule has 1 amide bonds. The van der Waals surface area contributed by atoms with Crippen LogP contribution in [0.15, 0.2) is 24.4 Å². The maximum Gasteiger partial charge on any atom is 0.310 e. The Hall–Kier alpha value is -0.840. The number of nitrogens with zero attached hydrogens (tertiary/aromatic N) is 1. The molecule has 4 rings (SSSR count). The number of fused-ring (bicyclic) bond motifs is 2. The molecule has 1 N–H and O–H groups in total. The zero-order valence-electron chi connectivity index (χ0n) is 16.4. The number of piperidine rings is 1. The number of amides is 1. The molecule has 2 aliphatic rings. The van der Waals surface area contributed by atoms with Crippen molar-refractivity contribution < 1.29 is 14.3 Å². The highest BCUT2D eigenvalue weighted by molar-refractivity contribution is 15.0. The first kappa shape index (κ1) is 21.9. The fraction of sp³-hybridized carbons (Fsp3) is 0.524. The van der Waals surface area contributed by atoms with Crippen molar-refractivity contribution in [2.24, 2.45) is 11.8 Å². The van der Waals surface area contributed by atoms with E-state index in [1.165, 1.54) is 23.6 Å². The molecule has 1 aromatic heterocycles. The number of hydrogen-bond donors (Lipinski definition) is 1. The summed E-state index contributed by atoms with van der Waals surface area (Å²) >= 11 is 4.24. The summed E-state index contributed by atoms with van der Waals surface area (Å²) in [6, 6.07) is 6.42. The molecular formula is C21H26I2N2O3. The van der Waals surface area contributed by atoms with Gasteiger partial charge in [0.25, 0.3) is 0 Å². The summed E-state index contributed by atoms with van der Waals surface area (Å²) < 4.78 is 5.03. The number of nitrogens with one attached hydrogen (secondary N) is 1. The number of benzene rings is 1. The first-order valence-corrected chi connectivity index (χ1v) is 15.9. The van der Waals surface area contributed by atoms with E-state index in [-0.39, 0.29) is 35.7 Å². The van der Waals surface area contributed by atoms with E-state index in [1.807, 2.05) is 18.7 Å². The number of carbonyl (C=O) groups is 2. The lowest BCUT2D eigenvalue weighted by Crippen LogP contribution is -2.55. The molecule has 0 bridgehead atoms. The second-order valence-electron chi connectivity index (χ2n) is 7.72. The highest BCUT2D eigenvalue weighted by atomic mass is 128. The first-order valence-electron chi connectivity index (χ1n) is 9.66. The van der Waals surface area contributed by atoms with Gasteiger partial charge in [0.2, 0.25) is 5.91 Å². The third-order valence-corrected chi connectivity index (χ3v) is 6.32. The minimum Gasteiger partial charge on any atom is -0.469 e. The van der Waals surface area contributed by atoms with Crippen LogP contribution in [0.2, 0.25) is 0 Å². The Morgan fingerprint density at radius 3 is 2.79 bits per heavy atom. The van der Waals surface area contributed by atoms with Crippen molar-refractivity contribution in [3.8, 4) is 0 Å². The van der Waals surface area contributed by atoms with Crippen LogP contribution in [-0.2, 0) is 20.7 Å². The molecule has 0 radical (unpaired) electrons. The molecule has 1 aliphatic carbocycles. The third-order valence-electron chi connectivity index (χ3n) is 6.32. The van der Waals surface area contributed by atoms with Gasteiger partial charge in [-0.1, -0.05) is 26.0 Å². The molecule has 4 unspecified atom stereocenters. The average molecular weight is 608 g/mol. The number of aromatic nitrogens is 1. The SMILES string of the molecule is CCC(C)C(=O)N1CC(C(=O)OC)CC2c3cccc4[nH]cc(c34)CC21.II. The van der Waals surface area contributed by atoms with Crippen molar-refractivity contribution in [2.45, 2.75) is 45.1 Å². The summed E-state index contributed by atoms with van der Waals surface area (Å²) in [4.78, 5) is 30.7. The summed E-state index contributed by atoms with van der Waals surface area (Å²) in [5, 5.41) is 1.27. The van der Waals surface area contributed by atoms with Crippen molar-refractivity contribution in [1.82, 2.24) is 9.88 Å². The predicted molar refractivity (Wildman–Crippen MR) is 128 cm³/mol. The molecule has 1 aliphatic heterocycles. The zero-order chi connectivity index (χ0) is 20.4. The number of hydrogen-bond acceptors (Lipinski definition) is 3. The Labute approximate surface area is 189 Å². The van der Waals surface area contributed by atoms with Crippen LogP contribution >= 0.6 is 37.2 Å². The summed E-state index contributed by atoms with van der Waals surface area (Å²) in [6.45, 7) is 4.48. The van der Waals surface area contributed by atoms with E-state index in [1.54, 1.807) is 0 Å². The standard InChI is InChI=1S/C21H26N2O3.I2/c1-4-12(2)20(24)23-11-14(21(25)26-3)8-16-15-6-5-7-17-19(15)13(10-22-17)9-18(16)23;1-2/h5-7,10,12,14,16,18,22H,4,8-9,11H2,1-3H3;. The van der Waals surface area contributed by atoms with E-state index in [9.17, 15) is 9.59 Å². The number of rotatable bonds is 3. The third kappa shape index (κ3) is 3.80. The Kier molecular flexibility index (Phi) is 7.27. The molecule has 0 spiro atoms. The fourth-order valence-corrected chi connectivity index (χ4v) is 4.74. The highest BCUT2D eigenvalue weighted by Gasteiger charge is 2.45. The second kappa shape index (κ2) is 9.32. The van der Waals surface area contributed by atoms with Gasteiger partial charge in [-0.2, -0.15) is 0 Å². The van der Waals surface area contributed by atoms with E-state index in [0.29, 0.717) is 6.54 Å². The number of likely N-dealkylation sites (tertiary alicyclic amines) is 1. The van der Waals surface area contributed by atoms with Crippen molar-refractivity contribution in [1.29, 1.82) is 0 Å². The minimum atomic E-state index is -0.259. The zero-order valence-corrected chi connectivity index (χ0v) is 20.7. The maximum absolute atomic E-state index is 13.1. The van der Waals surface area contributed by atoms with E-state index < -0.39 is 0 Å². The van der Waals surface area contributed by atoms with Gasteiger partial charge in [-0.25, -0.2) is 0 Å². The van der Waals surface area contributed by atoms with E-state index in [2.05, 4.69) is 66.6 Å². The van der Waals surface area contributed by atoms with Crippen LogP contribution in [0.5, 0.6) is 0 Å². The van der Waals surface area contributed by atoms with Gasteiger partial charge in [-0.05, 0) is 36.5 Å². The Morgan fingerprint density at radius 2 is 2.11 bits per heavy atom. The largest absolute Gasteiger partial charge is 0.469 e. The molecule has 2 aromatic rings. The van der Waals surface area contributed by atoms with Gasteiger partial charge in [-0.15, -0.1) is 0 Å². The monoisotopic (exact) mass is 608 g/mol. The van der Waals surface area contributed by atoms with Crippen LogP contribution in [0.1, 0.15) is 43.7 Å². The van der Waals surface area contributed by atoms with Gasteiger partial charge in [0.15, 0.2) is 0 Å². The quantitative estimate of drug-likeness (QED) is 0.394. The molecular weight excluding hydrogens is 582 g/mol. The number of carbonyl (C=O) groups excluding carboxylic acids is 2. The summed E-state index contributed by atoms with van der Waals surface area (Å²) in [5.41, 5.74) is 3.66. The average Bonchev–Trinajstić information content (AvgIpc) is 3.17. The van der Waals surface area contributed by atoms with Gasteiger partial charge in [-0.3, -0.25) is 9.59 Å². The molecule has 152 valence electrons. The lowest BCUT2D eigenvalue weighted by molar-refractivity contribution is -0.152. The lowest BCUT2D eigenvalue weighted by atomic mass is 9.72. The number of H-pyrrole nitrogens is 1. The molecule has 1 aromatic carbocycles. The molecule has 28 heavy (non-hydrogen) atoms. The number of aromatic amines is 1. The van der Waals surface area contributed by atoms with Crippen LogP contribution < -0.4 is 0 Å². The first-order chi connectivity index (χ1) is 13.5. The lowest BCUT2D eigenvalue weighted by Gasteiger charge is -2.47. The van der Waals surface area contributed by atoms with Crippen molar-refractivity contribution >= 4 is 60.0 Å². The number of methoxy groups -OCH3 is 1. The number of halogens is 2. The van der Waals surface area contributed by atoms with Crippen molar-refractivity contribution in [3.05, 3.63) is 35.5 Å². The molecule has 1 saturated heterocycles. The summed E-state index contributed by atoms with van der Waals surface area (Å²) in [5.74, 6) is -0.173. The molecule has 4 atom stereocenters. The van der Waals surface area contributed by atoms with Crippen LogP contribution in [-0.4, -0.2) is 41.5 Å². The van der Waals surface area contributed by atoms with E-state index in [0.717, 1.165) is 24.8 Å². The highest BCUT2D eigenvalue weighted by Crippen LogP contribution is 2.45. The second-order valence-corrected chi connectivity index (χ2v) is 7.72. The Bertz CT molecular complexity index is 866. The van der Waals surface area contributed by atoms with E-state index in [4.69, 9.17) is 4.74 Å². The molecule has 1 fully saturated rings. The van der Waals surface area contributed by atoms with Gasteiger partial charge < -0.3 is 14.6 Å². The smallest absolute Gasteiger partial charge is 0.310 e. The van der Waals surface area contributed by atoms with Crippen LogP contribution in [0.25, 0.3) is 10.9 Å². The molecule has 2 heterocycles. The van der Waals surface area contributed by atoms with Crippen LogP contribution in [0, 0.1) is 11.8 Å². The topological polar surface area (TPSA) is 62.4 Å². The maximum atomic E-state index is 13.1. The van der Waals surface area contributed by atoms with Crippen LogP contribution in [0.4, 0.5) is 0 Å². The van der Waals surface area contributed by atoms with Gasteiger partial charge in [0.1, 0.15) is 0 Å². The Morgan fingerprint density at radius 1 is 1.36 bits per heavy atom. The van der Waals surface area contributed by atoms with Crippen molar-refractivity contribution in [2.75, 3.05) is 13.7 Å². The summed E-state index contributed by atoms with van der Waals surface area (Å²) in [7, 11) is 1.43. The van der Waals surface area contributed by atoms with Gasteiger partial charge >= 0.3 is 5.97 Å². The Balaban J connectivity index is 0.00000109. The fourth-order valence-electron chi connectivity index (χ4n) is 4.74. The van der Waals surface area contributed by atoms with Gasteiger partial charge in [0.05, 0.1) is 13.0 Å². The summed E-state index contributed by atoms with van der Waals surface area (Å²) in [6.07, 6.45) is 4.46. The number of ether oxygens (including phenoxy) is 1. The van der Waals surface area contributed by atoms with Gasteiger partial charge in [0, 0.05) is 78.8 Å². The number of esters is 1. The molecule has 5 nitrogen and oxygen atoms in total. The van der Waals surface area contributed by atoms with E-state index >= 15 is 0 Å². The molecule has 0 saturated carbocycles. The normalized spacial score (nSPS) is 24.0. The molecule has 7 heteroatoms. The van der Waals surface area contributed by atoms with Crippen molar-refractivity contribution in [3.63, 3.8) is 0 Å². The predicted octanol–water partition coefficient (Wildman–Crippen LogP) is 5.02. The van der Waals surface area contributed by atoms with Crippen LogP contribution in [0.3, 0.4) is 0 Å². The minimum absolute atomic E-state index is 0.0320.